The molecule has 3 unspecified atom stereocenters. The van der Waals surface area contributed by atoms with E-state index in [2.05, 4.69) is 38.2 Å². The lowest BCUT2D eigenvalue weighted by atomic mass is 10.0. The molecule has 0 rings (SSSR count). The summed E-state index contributed by atoms with van der Waals surface area (Å²) in [5.74, 6) is -0.460. The molecule has 0 saturated heterocycles. The number of rotatable bonds is 49. The van der Waals surface area contributed by atoms with Gasteiger partial charge in [-0.05, 0) is 51.4 Å². The third-order valence-corrected chi connectivity index (χ3v) is 12.6. The summed E-state index contributed by atoms with van der Waals surface area (Å²) in [7, 11) is 0. The van der Waals surface area contributed by atoms with Gasteiger partial charge in [-0.2, -0.15) is 0 Å². The molecule has 356 valence electrons. The van der Waals surface area contributed by atoms with Gasteiger partial charge in [-0.25, -0.2) is 0 Å². The number of esters is 1. The van der Waals surface area contributed by atoms with Gasteiger partial charge in [0.15, 0.2) is 0 Å². The summed E-state index contributed by atoms with van der Waals surface area (Å²) >= 11 is 0. The number of ether oxygens (including phenoxy) is 1. The normalized spacial score (nSPS) is 13.2. The summed E-state index contributed by atoms with van der Waals surface area (Å²) in [6.45, 7) is 6.49. The summed E-state index contributed by atoms with van der Waals surface area (Å²) in [6.07, 6.45) is 54.2. The van der Waals surface area contributed by atoms with Crippen molar-refractivity contribution in [2.75, 3.05) is 6.61 Å². The van der Waals surface area contributed by atoms with Gasteiger partial charge >= 0.3 is 5.97 Å². The molecule has 60 heavy (non-hydrogen) atoms. The van der Waals surface area contributed by atoms with Crippen LogP contribution in [-0.2, 0) is 14.3 Å². The summed E-state index contributed by atoms with van der Waals surface area (Å²) < 4.78 is 5.93. The number of hydrogen-bond acceptors (Lipinski definition) is 5. The molecular weight excluding hydrogens is 743 g/mol. The molecule has 3 atom stereocenters. The lowest BCUT2D eigenvalue weighted by Gasteiger charge is -2.24. The minimum Gasteiger partial charge on any atom is -0.462 e. The highest BCUT2D eigenvalue weighted by molar-refractivity contribution is 5.77. The second kappa shape index (κ2) is 48.6. The Morgan fingerprint density at radius 2 is 0.800 bits per heavy atom. The van der Waals surface area contributed by atoms with Gasteiger partial charge in [-0.3, -0.25) is 9.59 Å². The van der Waals surface area contributed by atoms with Crippen molar-refractivity contribution in [1.29, 1.82) is 0 Å². The molecule has 0 aliphatic rings. The summed E-state index contributed by atoms with van der Waals surface area (Å²) in [4.78, 5) is 26.1. The topological polar surface area (TPSA) is 95.9 Å². The number of nitrogens with one attached hydrogen (secondary N) is 1. The maximum atomic E-state index is 13.2. The Balaban J connectivity index is 4.38. The molecule has 0 aliphatic carbocycles. The van der Waals surface area contributed by atoms with E-state index in [0.29, 0.717) is 19.3 Å². The number of carbonyl (C=O) groups is 2. The van der Waals surface area contributed by atoms with Crippen molar-refractivity contribution in [3.05, 3.63) is 12.2 Å². The van der Waals surface area contributed by atoms with Crippen molar-refractivity contribution >= 4 is 11.9 Å². The van der Waals surface area contributed by atoms with Crippen molar-refractivity contribution in [3.8, 4) is 0 Å². The van der Waals surface area contributed by atoms with Crippen LogP contribution in [0.3, 0.4) is 0 Å². The molecule has 1 amide bonds. The van der Waals surface area contributed by atoms with Crippen molar-refractivity contribution in [3.63, 3.8) is 0 Å². The van der Waals surface area contributed by atoms with E-state index in [1.54, 1.807) is 0 Å². The first-order chi connectivity index (χ1) is 29.5. The lowest BCUT2D eigenvalue weighted by molar-refractivity contribution is -0.151. The zero-order valence-corrected chi connectivity index (χ0v) is 40.6. The van der Waals surface area contributed by atoms with E-state index in [0.717, 1.165) is 44.9 Å². The van der Waals surface area contributed by atoms with Gasteiger partial charge in [0.05, 0.1) is 25.2 Å². The maximum Gasteiger partial charge on any atom is 0.306 e. The van der Waals surface area contributed by atoms with Crippen LogP contribution < -0.4 is 5.32 Å². The monoisotopic (exact) mass is 848 g/mol. The highest BCUT2D eigenvalue weighted by Gasteiger charge is 2.24. The number of allylic oxidation sites excluding steroid dienone is 2. The van der Waals surface area contributed by atoms with E-state index in [9.17, 15) is 19.8 Å². The fraction of sp³-hybridized carbons (Fsp3) is 0.926. The molecule has 0 bridgehead atoms. The van der Waals surface area contributed by atoms with Crippen LogP contribution in [-0.4, -0.2) is 46.9 Å². The first kappa shape index (κ1) is 58.6. The number of amides is 1. The van der Waals surface area contributed by atoms with Crippen LogP contribution >= 0.6 is 0 Å². The van der Waals surface area contributed by atoms with Crippen molar-refractivity contribution in [1.82, 2.24) is 5.32 Å². The third-order valence-electron chi connectivity index (χ3n) is 12.6. The second-order valence-corrected chi connectivity index (χ2v) is 18.6. The van der Waals surface area contributed by atoms with Gasteiger partial charge in [0.2, 0.25) is 5.91 Å². The molecule has 0 aromatic heterocycles. The molecule has 0 heterocycles. The number of carbonyl (C=O) groups excluding carboxylic acids is 2. The number of aliphatic hydroxyl groups is 2. The molecule has 3 N–H and O–H groups in total. The lowest BCUT2D eigenvalue weighted by Crippen LogP contribution is -2.46. The smallest absolute Gasteiger partial charge is 0.306 e. The first-order valence-electron chi connectivity index (χ1n) is 26.9. The Hall–Kier alpha value is -1.40. The Morgan fingerprint density at radius 3 is 1.18 bits per heavy atom. The zero-order chi connectivity index (χ0) is 43.8. The SMILES string of the molecule is CCCCCCCC/C=C/CCCCCCCCCCCC(=O)OC(CCCCCCCCCCC)CC(=O)NC(CO)C(O)CCCCCCCCCCCCCCC. The van der Waals surface area contributed by atoms with Gasteiger partial charge < -0.3 is 20.3 Å². The third kappa shape index (κ3) is 43.3. The molecule has 0 saturated carbocycles. The predicted octanol–water partition coefficient (Wildman–Crippen LogP) is 16.1. The van der Waals surface area contributed by atoms with E-state index >= 15 is 0 Å². The van der Waals surface area contributed by atoms with Crippen LogP contribution in [0, 0.1) is 0 Å². The molecule has 0 aromatic rings. The molecule has 0 aliphatic heterocycles. The fourth-order valence-electron chi connectivity index (χ4n) is 8.49. The van der Waals surface area contributed by atoms with Crippen LogP contribution in [0.5, 0.6) is 0 Å². The average molecular weight is 848 g/mol. The van der Waals surface area contributed by atoms with Gasteiger partial charge in [0.1, 0.15) is 6.10 Å². The maximum absolute atomic E-state index is 13.2. The summed E-state index contributed by atoms with van der Waals surface area (Å²) in [6, 6.07) is -0.694. The quantitative estimate of drug-likeness (QED) is 0.0322. The summed E-state index contributed by atoms with van der Waals surface area (Å²) in [5, 5.41) is 23.7. The van der Waals surface area contributed by atoms with Crippen molar-refractivity contribution < 1.29 is 24.5 Å². The number of hydrogen-bond donors (Lipinski definition) is 3. The Labute approximate surface area is 374 Å². The van der Waals surface area contributed by atoms with Gasteiger partial charge in [-0.15, -0.1) is 0 Å². The number of unbranched alkanes of at least 4 members (excludes halogenated alkanes) is 35. The van der Waals surface area contributed by atoms with Crippen LogP contribution in [0.15, 0.2) is 12.2 Å². The van der Waals surface area contributed by atoms with Gasteiger partial charge in [0.25, 0.3) is 0 Å². The average Bonchev–Trinajstić information content (AvgIpc) is 3.24. The molecule has 0 spiro atoms. The highest BCUT2D eigenvalue weighted by Crippen LogP contribution is 2.18. The van der Waals surface area contributed by atoms with Crippen LogP contribution in [0.25, 0.3) is 0 Å². The van der Waals surface area contributed by atoms with E-state index in [4.69, 9.17) is 4.74 Å². The Morgan fingerprint density at radius 1 is 0.467 bits per heavy atom. The van der Waals surface area contributed by atoms with Crippen LogP contribution in [0.4, 0.5) is 0 Å². The standard InChI is InChI=1S/C54H105NO5/c1-4-7-10-13-16-19-21-23-24-25-26-27-28-30-32-35-38-41-44-47-54(59)60-50(45-42-39-36-33-18-15-12-9-6-3)48-53(58)55-51(49-56)52(57)46-43-40-37-34-31-29-22-20-17-14-11-8-5-2/h23-24,50-52,56-57H,4-22,25-49H2,1-3H3,(H,55,58)/b24-23+. The largest absolute Gasteiger partial charge is 0.462 e. The second-order valence-electron chi connectivity index (χ2n) is 18.6. The molecule has 0 aromatic carbocycles. The molecule has 6 heteroatoms. The zero-order valence-electron chi connectivity index (χ0n) is 40.6. The van der Waals surface area contributed by atoms with E-state index < -0.39 is 18.2 Å². The molecule has 0 fully saturated rings. The minimum atomic E-state index is -0.781. The highest BCUT2D eigenvalue weighted by atomic mass is 16.5. The fourth-order valence-corrected chi connectivity index (χ4v) is 8.49. The van der Waals surface area contributed by atoms with Crippen LogP contribution in [0.2, 0.25) is 0 Å². The number of aliphatic hydroxyl groups excluding tert-OH is 2. The molecule has 6 nitrogen and oxygen atoms in total. The predicted molar refractivity (Wildman–Crippen MR) is 260 cm³/mol. The van der Waals surface area contributed by atoms with Crippen molar-refractivity contribution in [2.45, 2.75) is 315 Å². The Bertz CT molecular complexity index is 909. The minimum absolute atomic E-state index is 0.0835. The van der Waals surface area contributed by atoms with E-state index in [1.807, 2.05) is 0 Å². The van der Waals surface area contributed by atoms with Gasteiger partial charge in [0, 0.05) is 6.42 Å². The molecule has 0 radical (unpaired) electrons. The summed E-state index contributed by atoms with van der Waals surface area (Å²) in [5.41, 5.74) is 0. The van der Waals surface area contributed by atoms with Gasteiger partial charge in [-0.1, -0.05) is 245 Å². The van der Waals surface area contributed by atoms with E-state index in [1.165, 1.54) is 205 Å². The van der Waals surface area contributed by atoms with Crippen LogP contribution in [0.1, 0.15) is 297 Å². The Kier molecular flexibility index (Phi) is 47.5. The van der Waals surface area contributed by atoms with E-state index in [-0.39, 0.29) is 24.9 Å². The first-order valence-corrected chi connectivity index (χ1v) is 26.9. The van der Waals surface area contributed by atoms with Crippen molar-refractivity contribution in [2.24, 2.45) is 0 Å². The molecular formula is C54H105NO5.